The second-order valence-electron chi connectivity index (χ2n) is 10.5. The van der Waals surface area contributed by atoms with Crippen molar-refractivity contribution in [3.8, 4) is 0 Å². The fraction of sp³-hybridized carbons (Fsp3) is 0.375. The number of nitrogens with zero attached hydrogens (tertiary/aromatic N) is 2. The molecule has 1 aliphatic heterocycles. The molecule has 0 aliphatic carbocycles. The molecular weight excluding hydrogens is 488 g/mol. The molecule has 1 fully saturated rings. The zero-order valence-electron chi connectivity index (χ0n) is 22.9. The van der Waals surface area contributed by atoms with Gasteiger partial charge in [0.15, 0.2) is 0 Å². The summed E-state index contributed by atoms with van der Waals surface area (Å²) >= 11 is 0. The Labute approximate surface area is 231 Å². The van der Waals surface area contributed by atoms with Crippen molar-refractivity contribution in [3.63, 3.8) is 0 Å². The summed E-state index contributed by atoms with van der Waals surface area (Å²) in [5.41, 5.74) is 4.45. The van der Waals surface area contributed by atoms with E-state index in [4.69, 9.17) is 0 Å². The minimum absolute atomic E-state index is 0.00728. The van der Waals surface area contributed by atoms with Crippen molar-refractivity contribution < 1.29 is 14.7 Å². The van der Waals surface area contributed by atoms with Gasteiger partial charge >= 0.3 is 0 Å². The van der Waals surface area contributed by atoms with Crippen LogP contribution in [0, 0.1) is 5.92 Å². The quantitative estimate of drug-likeness (QED) is 0.318. The Morgan fingerprint density at radius 3 is 2.33 bits per heavy atom. The van der Waals surface area contributed by atoms with Crippen LogP contribution in [-0.4, -0.2) is 67.7 Å². The standard InChI is InChI=1S/C32H40N4O3/c1-35(2)28-15-9-14-26(18-28)21-33-22-30(37)29(19-25-12-7-4-8-13-25)34-32(39)27-20-31(38)36(23-27)17-16-24-10-5-3-6-11-24/h3-15,18,27,29-30,33,37H,16-17,19-23H2,1-2H3,(H,34,39)/t27-,29-,30?/m0/s1. The van der Waals surface area contributed by atoms with Crippen LogP contribution in [0.15, 0.2) is 84.9 Å². The van der Waals surface area contributed by atoms with Crippen LogP contribution in [0.25, 0.3) is 0 Å². The minimum Gasteiger partial charge on any atom is -0.390 e. The highest BCUT2D eigenvalue weighted by Crippen LogP contribution is 2.20. The monoisotopic (exact) mass is 528 g/mol. The highest BCUT2D eigenvalue weighted by atomic mass is 16.3. The third-order valence-corrected chi connectivity index (χ3v) is 7.30. The van der Waals surface area contributed by atoms with E-state index in [1.807, 2.05) is 80.8 Å². The van der Waals surface area contributed by atoms with Gasteiger partial charge in [-0.05, 0) is 41.7 Å². The Morgan fingerprint density at radius 1 is 0.974 bits per heavy atom. The Morgan fingerprint density at radius 2 is 1.64 bits per heavy atom. The number of carbonyl (C=O) groups excluding carboxylic acids is 2. The van der Waals surface area contributed by atoms with Crippen LogP contribution in [0.1, 0.15) is 23.1 Å². The van der Waals surface area contributed by atoms with Gasteiger partial charge in [0.25, 0.3) is 0 Å². The summed E-state index contributed by atoms with van der Waals surface area (Å²) in [6.07, 6.45) is 0.677. The lowest BCUT2D eigenvalue weighted by molar-refractivity contribution is -0.129. The number of nitrogens with one attached hydrogen (secondary N) is 2. The molecule has 4 rings (SSSR count). The average Bonchev–Trinajstić information content (AvgIpc) is 3.33. The van der Waals surface area contributed by atoms with Gasteiger partial charge in [0.2, 0.25) is 11.8 Å². The molecule has 3 N–H and O–H groups in total. The van der Waals surface area contributed by atoms with Crippen molar-refractivity contribution in [3.05, 3.63) is 102 Å². The highest BCUT2D eigenvalue weighted by Gasteiger charge is 2.35. The van der Waals surface area contributed by atoms with Crippen LogP contribution in [0.5, 0.6) is 0 Å². The Kier molecular flexibility index (Phi) is 10.1. The first-order valence-electron chi connectivity index (χ1n) is 13.7. The van der Waals surface area contributed by atoms with Crippen LogP contribution in [0.4, 0.5) is 5.69 Å². The molecule has 3 atom stereocenters. The summed E-state index contributed by atoms with van der Waals surface area (Å²) in [4.78, 5) is 29.8. The molecule has 206 valence electrons. The van der Waals surface area contributed by atoms with E-state index in [9.17, 15) is 14.7 Å². The normalized spacial score (nSPS) is 16.6. The highest BCUT2D eigenvalue weighted by molar-refractivity contribution is 5.89. The zero-order chi connectivity index (χ0) is 27.6. The summed E-state index contributed by atoms with van der Waals surface area (Å²) in [5, 5.41) is 17.6. The van der Waals surface area contributed by atoms with E-state index in [1.165, 1.54) is 5.56 Å². The van der Waals surface area contributed by atoms with Crippen LogP contribution in [0.3, 0.4) is 0 Å². The van der Waals surface area contributed by atoms with Crippen LogP contribution < -0.4 is 15.5 Å². The summed E-state index contributed by atoms with van der Waals surface area (Å²) < 4.78 is 0. The summed E-state index contributed by atoms with van der Waals surface area (Å²) in [5.74, 6) is -0.586. The smallest absolute Gasteiger partial charge is 0.225 e. The molecule has 3 aromatic carbocycles. The molecule has 1 heterocycles. The Balaban J connectivity index is 1.34. The average molecular weight is 529 g/mol. The largest absolute Gasteiger partial charge is 0.390 e. The number of aliphatic hydroxyl groups is 1. The van der Waals surface area contributed by atoms with E-state index < -0.39 is 18.1 Å². The SMILES string of the molecule is CN(C)c1cccc(CNCC(O)[C@H](Cc2ccccc2)NC(=O)[C@H]2CC(=O)N(CCc3ccccc3)C2)c1. The number of aliphatic hydroxyl groups excluding tert-OH is 1. The lowest BCUT2D eigenvalue weighted by Gasteiger charge is -2.26. The number of anilines is 1. The zero-order valence-corrected chi connectivity index (χ0v) is 22.9. The molecule has 39 heavy (non-hydrogen) atoms. The number of hydrogen-bond acceptors (Lipinski definition) is 5. The van der Waals surface area contributed by atoms with Crippen LogP contribution in [0.2, 0.25) is 0 Å². The molecular formula is C32H40N4O3. The molecule has 0 aromatic heterocycles. The molecule has 1 saturated heterocycles. The molecule has 0 bridgehead atoms. The summed E-state index contributed by atoms with van der Waals surface area (Å²) in [6.45, 7) is 1.95. The fourth-order valence-electron chi connectivity index (χ4n) is 4.98. The molecule has 2 amide bonds. The van der Waals surface area contributed by atoms with Crippen LogP contribution >= 0.6 is 0 Å². The summed E-state index contributed by atoms with van der Waals surface area (Å²) in [7, 11) is 4.02. The van der Waals surface area contributed by atoms with Crippen molar-refractivity contribution in [2.75, 3.05) is 38.6 Å². The topological polar surface area (TPSA) is 84.9 Å². The molecule has 0 radical (unpaired) electrons. The van der Waals surface area contributed by atoms with Gasteiger partial charge in [0.1, 0.15) is 0 Å². The first kappa shape index (κ1) is 28.3. The predicted octanol–water partition coefficient (Wildman–Crippen LogP) is 3.02. The molecule has 1 aliphatic rings. The molecule has 0 spiro atoms. The van der Waals surface area contributed by atoms with Gasteiger partial charge in [-0.25, -0.2) is 0 Å². The molecule has 1 unspecified atom stereocenters. The van der Waals surface area contributed by atoms with Gasteiger partial charge in [-0.3, -0.25) is 9.59 Å². The third-order valence-electron chi connectivity index (χ3n) is 7.30. The van der Waals surface area contributed by atoms with Gasteiger partial charge < -0.3 is 25.5 Å². The lowest BCUT2D eigenvalue weighted by atomic mass is 9.99. The number of benzene rings is 3. The third kappa shape index (κ3) is 8.40. The van der Waals surface area contributed by atoms with Crippen molar-refractivity contribution >= 4 is 17.5 Å². The fourth-order valence-corrected chi connectivity index (χ4v) is 4.98. The number of rotatable bonds is 13. The first-order valence-corrected chi connectivity index (χ1v) is 13.7. The Bertz CT molecular complexity index is 1200. The van der Waals surface area contributed by atoms with Crippen molar-refractivity contribution in [2.45, 2.75) is 38.0 Å². The number of amides is 2. The van der Waals surface area contributed by atoms with Gasteiger partial charge in [-0.2, -0.15) is 0 Å². The number of likely N-dealkylation sites (tertiary alicyclic amines) is 1. The summed E-state index contributed by atoms with van der Waals surface area (Å²) in [6, 6.07) is 27.7. The lowest BCUT2D eigenvalue weighted by Crippen LogP contribution is -2.50. The van der Waals surface area contributed by atoms with E-state index in [0.717, 1.165) is 23.2 Å². The maximum atomic E-state index is 13.3. The van der Waals surface area contributed by atoms with Gasteiger partial charge in [0, 0.05) is 52.4 Å². The number of carbonyl (C=O) groups is 2. The predicted molar refractivity (Wildman–Crippen MR) is 155 cm³/mol. The molecule has 0 saturated carbocycles. The van der Waals surface area contributed by atoms with Crippen molar-refractivity contribution in [2.24, 2.45) is 5.92 Å². The van der Waals surface area contributed by atoms with Crippen LogP contribution in [-0.2, 0) is 29.0 Å². The maximum Gasteiger partial charge on any atom is 0.225 e. The van der Waals surface area contributed by atoms with E-state index in [1.54, 1.807) is 4.90 Å². The second-order valence-corrected chi connectivity index (χ2v) is 10.5. The van der Waals surface area contributed by atoms with E-state index in [0.29, 0.717) is 32.6 Å². The minimum atomic E-state index is -0.794. The Hall–Kier alpha value is -3.68. The van der Waals surface area contributed by atoms with Crippen molar-refractivity contribution in [1.82, 2.24) is 15.5 Å². The first-order chi connectivity index (χ1) is 18.9. The number of hydrogen-bond donors (Lipinski definition) is 3. The maximum absolute atomic E-state index is 13.3. The van der Waals surface area contributed by atoms with E-state index >= 15 is 0 Å². The van der Waals surface area contributed by atoms with E-state index in [2.05, 4.69) is 33.7 Å². The molecule has 7 heteroatoms. The van der Waals surface area contributed by atoms with Gasteiger partial charge in [-0.15, -0.1) is 0 Å². The van der Waals surface area contributed by atoms with Crippen molar-refractivity contribution in [1.29, 1.82) is 0 Å². The van der Waals surface area contributed by atoms with E-state index in [-0.39, 0.29) is 18.2 Å². The molecule has 3 aromatic rings. The van der Waals surface area contributed by atoms with Gasteiger partial charge in [0.05, 0.1) is 18.1 Å². The van der Waals surface area contributed by atoms with Gasteiger partial charge in [-0.1, -0.05) is 72.8 Å². The molecule has 7 nitrogen and oxygen atoms in total. The second kappa shape index (κ2) is 13.9.